The number of nitrogens with zero attached hydrogens (tertiary/aromatic N) is 2. The van der Waals surface area contributed by atoms with Gasteiger partial charge in [-0.05, 0) is 18.6 Å². The highest BCUT2D eigenvalue weighted by molar-refractivity contribution is 7.90. The number of unbranched alkanes of at least 4 members (excludes halogenated alkanes) is 1. The van der Waals surface area contributed by atoms with E-state index in [4.69, 9.17) is 0 Å². The molecule has 0 atom stereocenters. The first-order chi connectivity index (χ1) is 9.40. The van der Waals surface area contributed by atoms with E-state index in [-0.39, 0.29) is 5.69 Å². The fraction of sp³-hybridized carbons (Fsp3) is 0.500. The largest absolute Gasteiger partial charge is 0.464 e. The molecule has 0 radical (unpaired) electrons. The zero-order chi connectivity index (χ0) is 15.2. The molecule has 0 unspecified atom stereocenters. The Kier molecular flexibility index (Phi) is 5.90. The molecule has 0 aromatic carbocycles. The van der Waals surface area contributed by atoms with Crippen molar-refractivity contribution in [1.29, 1.82) is 0 Å². The van der Waals surface area contributed by atoms with Crippen molar-refractivity contribution in [3.8, 4) is 0 Å². The van der Waals surface area contributed by atoms with Gasteiger partial charge in [0.2, 0.25) is 0 Å². The number of rotatable bonds is 7. The second-order valence-corrected chi connectivity index (χ2v) is 5.98. The Bertz CT molecular complexity index is 542. The average Bonchev–Trinajstić information content (AvgIpc) is 2.44. The Morgan fingerprint density at radius 1 is 1.45 bits per heavy atom. The lowest BCUT2D eigenvalue weighted by Crippen LogP contribution is -2.33. The van der Waals surface area contributed by atoms with Crippen LogP contribution >= 0.6 is 0 Å². The molecule has 0 aliphatic rings. The normalized spacial score (nSPS) is 11.4. The summed E-state index contributed by atoms with van der Waals surface area (Å²) in [5, 5.41) is 0. The molecule has 0 fully saturated rings. The van der Waals surface area contributed by atoms with Crippen LogP contribution in [0.3, 0.4) is 0 Å². The van der Waals surface area contributed by atoms with Crippen LogP contribution in [0.1, 0.15) is 30.3 Å². The number of hydrogen-bond donors (Lipinski definition) is 1. The Hall–Kier alpha value is -1.67. The summed E-state index contributed by atoms with van der Waals surface area (Å²) in [7, 11) is -0.836. The number of esters is 1. The maximum Gasteiger partial charge on any atom is 0.356 e. The van der Waals surface area contributed by atoms with Crippen LogP contribution in [0.15, 0.2) is 18.3 Å². The van der Waals surface area contributed by atoms with E-state index in [1.165, 1.54) is 36.8 Å². The van der Waals surface area contributed by atoms with Crippen molar-refractivity contribution in [3.05, 3.63) is 24.0 Å². The minimum absolute atomic E-state index is 0.120. The summed E-state index contributed by atoms with van der Waals surface area (Å²) in [6, 6.07) is 2.86. The van der Waals surface area contributed by atoms with Crippen LogP contribution in [-0.4, -0.2) is 44.4 Å². The predicted octanol–water partition coefficient (Wildman–Crippen LogP) is 1.26. The van der Waals surface area contributed by atoms with Crippen molar-refractivity contribution in [2.45, 2.75) is 19.8 Å². The number of pyridine rings is 1. The van der Waals surface area contributed by atoms with Crippen molar-refractivity contribution in [3.63, 3.8) is 0 Å². The number of methoxy groups -OCH3 is 1. The van der Waals surface area contributed by atoms with Gasteiger partial charge in [-0.3, -0.25) is 4.72 Å². The maximum absolute atomic E-state index is 12.0. The molecule has 0 amide bonds. The number of aromatic nitrogens is 1. The van der Waals surface area contributed by atoms with Gasteiger partial charge in [0.25, 0.3) is 0 Å². The topological polar surface area (TPSA) is 88.6 Å². The summed E-state index contributed by atoms with van der Waals surface area (Å²) in [4.78, 5) is 15.0. The number of carbonyl (C=O) groups excluding carboxylic acids is 1. The van der Waals surface area contributed by atoms with E-state index in [1.54, 1.807) is 0 Å². The van der Waals surface area contributed by atoms with Crippen LogP contribution < -0.4 is 4.72 Å². The fourth-order valence-electron chi connectivity index (χ4n) is 1.41. The first-order valence-electron chi connectivity index (χ1n) is 6.19. The Morgan fingerprint density at radius 3 is 2.65 bits per heavy atom. The van der Waals surface area contributed by atoms with Crippen molar-refractivity contribution in [2.75, 3.05) is 25.4 Å². The minimum Gasteiger partial charge on any atom is -0.464 e. The van der Waals surface area contributed by atoms with Crippen LogP contribution in [0.5, 0.6) is 0 Å². The summed E-state index contributed by atoms with van der Waals surface area (Å²) in [5.41, 5.74) is 0.413. The van der Waals surface area contributed by atoms with Gasteiger partial charge in [0.15, 0.2) is 0 Å². The molecule has 1 aromatic heterocycles. The fourth-order valence-corrected chi connectivity index (χ4v) is 2.35. The zero-order valence-corrected chi connectivity index (χ0v) is 12.6. The molecule has 0 aliphatic heterocycles. The van der Waals surface area contributed by atoms with Crippen LogP contribution in [0, 0.1) is 0 Å². The Labute approximate surface area is 119 Å². The first-order valence-corrected chi connectivity index (χ1v) is 7.63. The third kappa shape index (κ3) is 4.46. The van der Waals surface area contributed by atoms with Gasteiger partial charge in [0.1, 0.15) is 5.69 Å². The molecule has 7 nitrogen and oxygen atoms in total. The molecule has 8 heteroatoms. The van der Waals surface area contributed by atoms with Crippen molar-refractivity contribution >= 4 is 21.9 Å². The van der Waals surface area contributed by atoms with Crippen LogP contribution in [0.2, 0.25) is 0 Å². The molecule has 112 valence electrons. The predicted molar refractivity (Wildman–Crippen MR) is 75.7 cm³/mol. The monoisotopic (exact) mass is 301 g/mol. The quantitative estimate of drug-likeness (QED) is 0.766. The molecule has 20 heavy (non-hydrogen) atoms. The second kappa shape index (κ2) is 7.20. The lowest BCUT2D eigenvalue weighted by molar-refractivity contribution is 0.0594. The molecular weight excluding hydrogens is 282 g/mol. The summed E-state index contributed by atoms with van der Waals surface area (Å²) in [6.07, 6.45) is 2.98. The van der Waals surface area contributed by atoms with Gasteiger partial charge in [-0.1, -0.05) is 13.3 Å². The number of ether oxygens (including phenoxy) is 1. The average molecular weight is 301 g/mol. The molecule has 1 rings (SSSR count). The van der Waals surface area contributed by atoms with E-state index in [9.17, 15) is 13.2 Å². The van der Waals surface area contributed by atoms with Crippen molar-refractivity contribution in [2.24, 2.45) is 0 Å². The number of hydrogen-bond acceptors (Lipinski definition) is 5. The van der Waals surface area contributed by atoms with E-state index in [2.05, 4.69) is 14.4 Å². The van der Waals surface area contributed by atoms with Crippen molar-refractivity contribution < 1.29 is 17.9 Å². The van der Waals surface area contributed by atoms with Gasteiger partial charge < -0.3 is 4.74 Å². The molecular formula is C12H19N3O4S. The molecule has 0 spiro atoms. The van der Waals surface area contributed by atoms with E-state index in [0.29, 0.717) is 12.2 Å². The zero-order valence-electron chi connectivity index (χ0n) is 11.8. The van der Waals surface area contributed by atoms with Crippen LogP contribution in [-0.2, 0) is 14.9 Å². The molecule has 0 saturated carbocycles. The van der Waals surface area contributed by atoms with Gasteiger partial charge in [-0.2, -0.15) is 12.7 Å². The number of nitrogens with one attached hydrogen (secondary N) is 1. The molecule has 1 heterocycles. The molecule has 1 aromatic rings. The molecule has 1 N–H and O–H groups in total. The molecule has 0 saturated heterocycles. The van der Waals surface area contributed by atoms with Crippen molar-refractivity contribution in [1.82, 2.24) is 9.29 Å². The van der Waals surface area contributed by atoms with E-state index >= 15 is 0 Å². The standard InChI is InChI=1S/C12H19N3O4S/c1-4-5-8-15(2)20(17,18)14-10-6-7-11(13-9-10)12(16)19-3/h6-7,9,14H,4-5,8H2,1-3H3. The van der Waals surface area contributed by atoms with E-state index < -0.39 is 16.2 Å². The van der Waals surface area contributed by atoms with Gasteiger partial charge >= 0.3 is 16.2 Å². The maximum atomic E-state index is 12.0. The SMILES string of the molecule is CCCCN(C)S(=O)(=O)Nc1ccc(C(=O)OC)nc1. The van der Waals surface area contributed by atoms with E-state index in [1.807, 2.05) is 6.92 Å². The minimum atomic E-state index is -3.60. The van der Waals surface area contributed by atoms with Gasteiger partial charge in [0.05, 0.1) is 19.0 Å². The highest BCUT2D eigenvalue weighted by Crippen LogP contribution is 2.11. The number of anilines is 1. The lowest BCUT2D eigenvalue weighted by atomic mass is 10.3. The summed E-state index contributed by atoms with van der Waals surface area (Å²) in [5.74, 6) is -0.570. The third-order valence-corrected chi connectivity index (χ3v) is 4.14. The first kappa shape index (κ1) is 16.4. The highest BCUT2D eigenvalue weighted by Gasteiger charge is 2.17. The smallest absolute Gasteiger partial charge is 0.356 e. The molecule has 0 aliphatic carbocycles. The van der Waals surface area contributed by atoms with Crippen LogP contribution in [0.4, 0.5) is 5.69 Å². The van der Waals surface area contributed by atoms with Gasteiger partial charge in [0, 0.05) is 13.6 Å². The third-order valence-electron chi connectivity index (χ3n) is 2.64. The highest BCUT2D eigenvalue weighted by atomic mass is 32.2. The lowest BCUT2D eigenvalue weighted by Gasteiger charge is -2.17. The number of carbonyl (C=O) groups is 1. The molecule has 0 bridgehead atoms. The second-order valence-electron chi connectivity index (χ2n) is 4.21. The van der Waals surface area contributed by atoms with Gasteiger partial charge in [-0.15, -0.1) is 0 Å². The summed E-state index contributed by atoms with van der Waals surface area (Å²) in [6.45, 7) is 2.43. The Morgan fingerprint density at radius 2 is 2.15 bits per heavy atom. The summed E-state index contributed by atoms with van der Waals surface area (Å²) < 4.78 is 32.1. The van der Waals surface area contributed by atoms with Crippen LogP contribution in [0.25, 0.3) is 0 Å². The summed E-state index contributed by atoms with van der Waals surface area (Å²) >= 11 is 0. The van der Waals surface area contributed by atoms with Gasteiger partial charge in [-0.25, -0.2) is 9.78 Å². The Balaban J connectivity index is 2.75. The van der Waals surface area contributed by atoms with E-state index in [0.717, 1.165) is 12.8 Å².